The van der Waals surface area contributed by atoms with Gasteiger partial charge in [-0.1, -0.05) is 37.5 Å². The van der Waals surface area contributed by atoms with Crippen molar-refractivity contribution >= 4 is 23.0 Å². The third-order valence-corrected chi connectivity index (χ3v) is 7.30. The van der Waals surface area contributed by atoms with E-state index in [1.54, 1.807) is 6.20 Å². The summed E-state index contributed by atoms with van der Waals surface area (Å²) in [5.41, 5.74) is 7.19. The van der Waals surface area contributed by atoms with Gasteiger partial charge in [0.05, 0.1) is 17.4 Å². The van der Waals surface area contributed by atoms with E-state index in [0.717, 1.165) is 18.9 Å². The molecule has 1 fully saturated rings. The topological polar surface area (TPSA) is 77.5 Å². The Kier molecular flexibility index (Phi) is 6.50. The Morgan fingerprint density at radius 1 is 1.15 bits per heavy atom. The molecule has 5 rings (SSSR count). The lowest BCUT2D eigenvalue weighted by molar-refractivity contribution is 0.0697. The highest BCUT2D eigenvalue weighted by Gasteiger charge is 2.22. The molecule has 3 aromatic rings. The predicted octanol–water partition coefficient (Wildman–Crippen LogP) is 5.19. The third-order valence-electron chi connectivity index (χ3n) is 7.30. The number of aromatic nitrogens is 1. The quantitative estimate of drug-likeness (QED) is 0.433. The average molecular weight is 457 g/mol. The van der Waals surface area contributed by atoms with Crippen molar-refractivity contribution in [3.8, 4) is 0 Å². The molecule has 2 heterocycles. The minimum atomic E-state index is -0.953. The van der Waals surface area contributed by atoms with Gasteiger partial charge in [-0.2, -0.15) is 0 Å². The summed E-state index contributed by atoms with van der Waals surface area (Å²) in [5, 5.41) is 16.3. The number of hydrogen-bond donors (Lipinski definition) is 3. The van der Waals surface area contributed by atoms with Gasteiger partial charge in [0.2, 0.25) is 0 Å². The van der Waals surface area contributed by atoms with E-state index in [9.17, 15) is 9.90 Å². The van der Waals surface area contributed by atoms with Gasteiger partial charge in [0.1, 0.15) is 0 Å². The molecule has 1 aromatic heterocycles. The molecule has 3 N–H and O–H groups in total. The predicted molar refractivity (Wildman–Crippen MR) is 136 cm³/mol. The number of rotatable bonds is 8. The number of carbonyl (C=O) groups is 1. The van der Waals surface area contributed by atoms with Crippen molar-refractivity contribution in [3.05, 3.63) is 83.2 Å². The van der Waals surface area contributed by atoms with Crippen LogP contribution in [0.4, 0.5) is 17.1 Å². The zero-order chi connectivity index (χ0) is 23.5. The average Bonchev–Trinajstić information content (AvgIpc) is 2.84. The summed E-state index contributed by atoms with van der Waals surface area (Å²) in [6, 6.07) is 17.3. The third kappa shape index (κ3) is 4.77. The van der Waals surface area contributed by atoms with Crippen molar-refractivity contribution in [2.45, 2.75) is 38.1 Å². The molecule has 0 amide bonds. The van der Waals surface area contributed by atoms with E-state index in [1.165, 1.54) is 66.0 Å². The fourth-order valence-corrected chi connectivity index (χ4v) is 5.00. The second kappa shape index (κ2) is 9.85. The molecule has 0 unspecified atom stereocenters. The lowest BCUT2D eigenvalue weighted by Crippen LogP contribution is -2.34. The zero-order valence-corrected chi connectivity index (χ0v) is 19.6. The van der Waals surface area contributed by atoms with Gasteiger partial charge in [0.15, 0.2) is 0 Å². The first-order chi connectivity index (χ1) is 16.6. The van der Waals surface area contributed by atoms with Crippen molar-refractivity contribution in [1.29, 1.82) is 0 Å². The SMILES string of the molecule is CN(c1ccc(CC2CCC2)cc1)c1ccc2c(c1)CCN[C@H]2CNc1cnccc1C(=O)O. The molecule has 0 bridgehead atoms. The smallest absolute Gasteiger partial charge is 0.337 e. The maximum absolute atomic E-state index is 11.5. The van der Waals surface area contributed by atoms with Gasteiger partial charge in [0.25, 0.3) is 0 Å². The highest BCUT2D eigenvalue weighted by Crippen LogP contribution is 2.33. The summed E-state index contributed by atoms with van der Waals surface area (Å²) in [6.45, 7) is 1.48. The molecule has 0 saturated heterocycles. The molecule has 6 heteroatoms. The Morgan fingerprint density at radius 3 is 2.68 bits per heavy atom. The number of carboxylic acid groups (broad SMARTS) is 1. The fraction of sp³-hybridized carbons (Fsp3) is 0.357. The Balaban J connectivity index is 1.28. The van der Waals surface area contributed by atoms with Crippen LogP contribution in [-0.4, -0.2) is 36.2 Å². The maximum Gasteiger partial charge on any atom is 0.337 e. The summed E-state index contributed by atoms with van der Waals surface area (Å²) in [6.07, 6.45) is 9.41. The monoisotopic (exact) mass is 456 g/mol. The molecular weight excluding hydrogens is 424 g/mol. The number of nitrogens with one attached hydrogen (secondary N) is 2. The lowest BCUT2D eigenvalue weighted by atomic mass is 9.81. The van der Waals surface area contributed by atoms with E-state index in [-0.39, 0.29) is 11.6 Å². The van der Waals surface area contributed by atoms with Crippen LogP contribution in [0.15, 0.2) is 60.9 Å². The van der Waals surface area contributed by atoms with Gasteiger partial charge in [0, 0.05) is 37.2 Å². The van der Waals surface area contributed by atoms with Gasteiger partial charge in [-0.3, -0.25) is 4.98 Å². The van der Waals surface area contributed by atoms with E-state index >= 15 is 0 Å². The maximum atomic E-state index is 11.5. The Labute approximate surface area is 201 Å². The first-order valence-electron chi connectivity index (χ1n) is 12.2. The van der Waals surface area contributed by atoms with E-state index in [0.29, 0.717) is 12.2 Å². The summed E-state index contributed by atoms with van der Waals surface area (Å²) < 4.78 is 0. The van der Waals surface area contributed by atoms with E-state index in [2.05, 4.69) is 70.0 Å². The van der Waals surface area contributed by atoms with Crippen molar-refractivity contribution < 1.29 is 9.90 Å². The number of benzene rings is 2. The molecule has 1 aliphatic carbocycles. The number of aromatic carboxylic acids is 1. The van der Waals surface area contributed by atoms with Crippen LogP contribution in [0, 0.1) is 5.92 Å². The van der Waals surface area contributed by atoms with Crippen LogP contribution >= 0.6 is 0 Å². The summed E-state index contributed by atoms with van der Waals surface area (Å²) >= 11 is 0. The van der Waals surface area contributed by atoms with E-state index in [4.69, 9.17) is 0 Å². The van der Waals surface area contributed by atoms with Crippen molar-refractivity contribution in [3.63, 3.8) is 0 Å². The fourth-order valence-electron chi connectivity index (χ4n) is 5.00. The second-order valence-electron chi connectivity index (χ2n) is 9.47. The molecule has 34 heavy (non-hydrogen) atoms. The minimum absolute atomic E-state index is 0.107. The number of pyridine rings is 1. The van der Waals surface area contributed by atoms with E-state index < -0.39 is 5.97 Å². The molecule has 6 nitrogen and oxygen atoms in total. The van der Waals surface area contributed by atoms with Gasteiger partial charge in [-0.05, 0) is 72.3 Å². The van der Waals surface area contributed by atoms with Gasteiger partial charge >= 0.3 is 5.97 Å². The first-order valence-corrected chi connectivity index (χ1v) is 12.2. The number of anilines is 3. The normalized spacial score (nSPS) is 17.5. The first kappa shape index (κ1) is 22.4. The van der Waals surface area contributed by atoms with Crippen molar-refractivity contribution in [1.82, 2.24) is 10.3 Å². The second-order valence-corrected chi connectivity index (χ2v) is 9.47. The van der Waals surface area contributed by atoms with Crippen LogP contribution in [-0.2, 0) is 12.8 Å². The molecule has 0 radical (unpaired) electrons. The Hall–Kier alpha value is -3.38. The van der Waals surface area contributed by atoms with Crippen LogP contribution in [0.2, 0.25) is 0 Å². The Bertz CT molecular complexity index is 1160. The molecule has 176 valence electrons. The van der Waals surface area contributed by atoms with Gasteiger partial charge in [-0.15, -0.1) is 0 Å². The van der Waals surface area contributed by atoms with Gasteiger partial charge < -0.3 is 20.6 Å². The molecular formula is C28H32N4O2. The number of carboxylic acids is 1. The highest BCUT2D eigenvalue weighted by molar-refractivity contribution is 5.93. The number of nitrogens with zero attached hydrogens (tertiary/aromatic N) is 2. The standard InChI is InChI=1S/C28H32N4O2/c1-32(22-7-5-20(6-8-22)15-19-3-2-4-19)23-9-10-24-21(16-23)11-14-30-27(24)18-31-26-17-29-13-12-25(26)28(33)34/h5-10,12-13,16-17,19,27,30-31H,2-4,11,14-15,18H2,1H3,(H,33,34)/t27-/m0/s1. The van der Waals surface area contributed by atoms with E-state index in [1.807, 2.05) is 0 Å². The molecule has 2 aromatic carbocycles. The summed E-state index contributed by atoms with van der Waals surface area (Å²) in [4.78, 5) is 17.8. The minimum Gasteiger partial charge on any atom is -0.478 e. The molecule has 2 aliphatic rings. The van der Waals surface area contributed by atoms with Crippen LogP contribution < -0.4 is 15.5 Å². The van der Waals surface area contributed by atoms with Crippen LogP contribution in [0.25, 0.3) is 0 Å². The molecule has 1 atom stereocenters. The van der Waals surface area contributed by atoms with Crippen LogP contribution in [0.5, 0.6) is 0 Å². The van der Waals surface area contributed by atoms with Crippen molar-refractivity contribution in [2.24, 2.45) is 5.92 Å². The summed E-state index contributed by atoms with van der Waals surface area (Å²) in [5.74, 6) is -0.0696. The molecule has 1 saturated carbocycles. The highest BCUT2D eigenvalue weighted by atomic mass is 16.4. The summed E-state index contributed by atoms with van der Waals surface area (Å²) in [7, 11) is 2.12. The van der Waals surface area contributed by atoms with Crippen LogP contribution in [0.1, 0.15) is 52.4 Å². The molecule has 0 spiro atoms. The number of hydrogen-bond acceptors (Lipinski definition) is 5. The number of fused-ring (bicyclic) bond motifs is 1. The largest absolute Gasteiger partial charge is 0.478 e. The van der Waals surface area contributed by atoms with Gasteiger partial charge in [-0.25, -0.2) is 4.79 Å². The van der Waals surface area contributed by atoms with Crippen LogP contribution in [0.3, 0.4) is 0 Å². The zero-order valence-electron chi connectivity index (χ0n) is 19.6. The van der Waals surface area contributed by atoms with Crippen molar-refractivity contribution in [2.75, 3.05) is 30.4 Å². The molecule has 1 aliphatic heterocycles. The lowest BCUT2D eigenvalue weighted by Gasteiger charge is -2.29. The Morgan fingerprint density at radius 2 is 1.94 bits per heavy atom.